The largest absolute Gasteiger partial charge is 0.496 e. The van der Waals surface area contributed by atoms with Crippen molar-refractivity contribution in [3.63, 3.8) is 0 Å². The average molecular weight is 561 g/mol. The number of benzene rings is 2. The summed E-state index contributed by atoms with van der Waals surface area (Å²) >= 11 is 0. The highest BCUT2D eigenvalue weighted by Gasteiger charge is 2.66. The molecule has 1 saturated carbocycles. The summed E-state index contributed by atoms with van der Waals surface area (Å²) in [5.74, 6) is -1.64. The summed E-state index contributed by atoms with van der Waals surface area (Å²) in [5.41, 5.74) is -1.72. The van der Waals surface area contributed by atoms with E-state index >= 15 is 0 Å². The number of rotatable bonds is 8. The van der Waals surface area contributed by atoms with Crippen LogP contribution in [0.2, 0.25) is 0 Å². The van der Waals surface area contributed by atoms with E-state index in [9.17, 15) is 32.6 Å². The molecule has 210 valence electrons. The van der Waals surface area contributed by atoms with E-state index in [0.717, 1.165) is 6.07 Å². The van der Waals surface area contributed by atoms with Crippen LogP contribution in [0.3, 0.4) is 0 Å². The Morgan fingerprint density at radius 1 is 1.18 bits per heavy atom. The Balaban J connectivity index is 1.32. The van der Waals surface area contributed by atoms with E-state index in [-0.39, 0.29) is 35.7 Å². The molecule has 0 aliphatic heterocycles. The second kappa shape index (κ2) is 9.82. The van der Waals surface area contributed by atoms with Crippen LogP contribution < -0.4 is 10.1 Å². The van der Waals surface area contributed by atoms with Crippen molar-refractivity contribution in [2.45, 2.75) is 43.4 Å². The molecule has 2 aromatic carbocycles. The fraction of sp³-hybridized carbons (Fsp3) is 0.333. The molecule has 1 unspecified atom stereocenters. The quantitative estimate of drug-likeness (QED) is 0.270. The van der Waals surface area contributed by atoms with Gasteiger partial charge < -0.3 is 24.8 Å². The van der Waals surface area contributed by atoms with Gasteiger partial charge in [0.05, 0.1) is 43.1 Å². The molecule has 1 amide bonds. The van der Waals surface area contributed by atoms with Gasteiger partial charge in [0.15, 0.2) is 11.6 Å². The van der Waals surface area contributed by atoms with Crippen LogP contribution in [-0.4, -0.2) is 51.1 Å². The topological polar surface area (TPSA) is 131 Å². The van der Waals surface area contributed by atoms with E-state index in [0.29, 0.717) is 27.9 Å². The lowest BCUT2D eigenvalue weighted by Gasteiger charge is -2.23. The van der Waals surface area contributed by atoms with Crippen molar-refractivity contribution in [1.82, 2.24) is 15.1 Å². The number of anilines is 1. The number of ether oxygens (including phenoxy) is 1. The van der Waals surface area contributed by atoms with Crippen molar-refractivity contribution in [3.05, 3.63) is 65.3 Å². The summed E-state index contributed by atoms with van der Waals surface area (Å²) in [4.78, 5) is 21.3. The van der Waals surface area contributed by atoms with Gasteiger partial charge in [0.1, 0.15) is 22.6 Å². The summed E-state index contributed by atoms with van der Waals surface area (Å²) in [6, 6.07) is 8.28. The molecule has 3 N–H and O–H groups in total. The number of alkyl halides is 3. The number of amides is 1. The fourth-order valence-corrected chi connectivity index (χ4v) is 4.42. The third-order valence-corrected chi connectivity index (χ3v) is 6.99. The number of aliphatic hydroxyl groups is 2. The van der Waals surface area contributed by atoms with Crippen molar-refractivity contribution >= 4 is 22.8 Å². The molecule has 1 fully saturated rings. The molecule has 0 spiro atoms. The Labute approximate surface area is 224 Å². The number of hydrogen-bond donors (Lipinski definition) is 3. The van der Waals surface area contributed by atoms with Gasteiger partial charge >= 0.3 is 6.18 Å². The molecule has 0 bridgehead atoms. The van der Waals surface area contributed by atoms with Crippen molar-refractivity contribution in [2.75, 3.05) is 19.0 Å². The van der Waals surface area contributed by atoms with Gasteiger partial charge in [-0.2, -0.15) is 13.2 Å². The van der Waals surface area contributed by atoms with Crippen LogP contribution in [0.1, 0.15) is 36.7 Å². The molecule has 1 atom stereocenters. The molecule has 0 radical (unpaired) electrons. The molecule has 4 aromatic rings. The number of nitrogens with zero attached hydrogens (tertiary/aromatic N) is 3. The number of nitrogens with one attached hydrogen (secondary N) is 1. The minimum atomic E-state index is -4.48. The number of methoxy groups -OCH3 is 1. The van der Waals surface area contributed by atoms with Gasteiger partial charge in [-0.05, 0) is 37.5 Å². The van der Waals surface area contributed by atoms with E-state index in [4.69, 9.17) is 9.26 Å². The van der Waals surface area contributed by atoms with E-state index in [1.54, 1.807) is 18.2 Å². The number of hydrogen-bond acceptors (Lipinski definition) is 8. The second-order valence-corrected chi connectivity index (χ2v) is 9.92. The SMILES string of the molecule is COc1cc2nc(-c3ccc(CC(=O)Nc4cc(C5(C(F)(F)F)CC5)on4)c(F)c3)cnc2cc1C(C)(O)CO. The number of halogens is 4. The minimum absolute atomic E-state index is 0.0465. The normalized spacial score (nSPS) is 16.0. The van der Waals surface area contributed by atoms with E-state index in [2.05, 4.69) is 20.4 Å². The van der Waals surface area contributed by atoms with E-state index in [1.165, 1.54) is 32.4 Å². The minimum Gasteiger partial charge on any atom is -0.496 e. The number of aliphatic hydroxyl groups excluding tert-OH is 1. The maximum atomic E-state index is 14.9. The highest BCUT2D eigenvalue weighted by Crippen LogP contribution is 2.59. The Hall–Kier alpha value is -4.10. The molecule has 2 heterocycles. The van der Waals surface area contributed by atoms with Crippen LogP contribution in [0, 0.1) is 5.82 Å². The first-order valence-corrected chi connectivity index (χ1v) is 12.2. The molecular weight excluding hydrogens is 536 g/mol. The fourth-order valence-electron chi connectivity index (χ4n) is 4.42. The van der Waals surface area contributed by atoms with Crippen LogP contribution in [0.4, 0.5) is 23.4 Å². The summed E-state index contributed by atoms with van der Waals surface area (Å²) in [6.45, 7) is 0.894. The zero-order valence-corrected chi connectivity index (χ0v) is 21.3. The lowest BCUT2D eigenvalue weighted by Crippen LogP contribution is -2.28. The Morgan fingerprint density at radius 2 is 1.93 bits per heavy atom. The smallest absolute Gasteiger partial charge is 0.401 e. The van der Waals surface area contributed by atoms with E-state index in [1.807, 2.05) is 0 Å². The molecule has 13 heteroatoms. The van der Waals surface area contributed by atoms with E-state index < -0.39 is 41.9 Å². The third-order valence-electron chi connectivity index (χ3n) is 6.99. The summed E-state index contributed by atoms with van der Waals surface area (Å²) < 4.78 is 64.9. The van der Waals surface area contributed by atoms with Crippen molar-refractivity contribution in [2.24, 2.45) is 0 Å². The molecule has 1 aliphatic rings. The van der Waals surface area contributed by atoms with Crippen molar-refractivity contribution < 1.29 is 41.8 Å². The van der Waals surface area contributed by atoms with Crippen molar-refractivity contribution in [1.29, 1.82) is 0 Å². The first-order valence-electron chi connectivity index (χ1n) is 12.2. The molecule has 5 rings (SSSR count). The molecule has 1 aliphatic carbocycles. The number of fused-ring (bicyclic) bond motifs is 1. The lowest BCUT2D eigenvalue weighted by molar-refractivity contribution is -0.165. The molecule has 9 nitrogen and oxygen atoms in total. The van der Waals surface area contributed by atoms with Gasteiger partial charge in [0.25, 0.3) is 0 Å². The van der Waals surface area contributed by atoms with Gasteiger partial charge in [-0.1, -0.05) is 17.3 Å². The molecular formula is C27H24F4N4O5. The third kappa shape index (κ3) is 4.97. The first-order chi connectivity index (χ1) is 18.9. The van der Waals surface area contributed by atoms with Gasteiger partial charge in [-0.25, -0.2) is 9.37 Å². The van der Waals surface area contributed by atoms with Crippen LogP contribution >= 0.6 is 0 Å². The first kappa shape index (κ1) is 27.5. The maximum Gasteiger partial charge on any atom is 0.401 e. The molecule has 40 heavy (non-hydrogen) atoms. The van der Waals surface area contributed by atoms with Gasteiger partial charge in [0, 0.05) is 23.3 Å². The zero-order chi connectivity index (χ0) is 28.9. The van der Waals surface area contributed by atoms with Gasteiger partial charge in [-0.3, -0.25) is 9.78 Å². The molecule has 2 aromatic heterocycles. The van der Waals surface area contributed by atoms with Gasteiger partial charge in [-0.15, -0.1) is 0 Å². The lowest BCUT2D eigenvalue weighted by atomic mass is 9.95. The summed E-state index contributed by atoms with van der Waals surface area (Å²) in [7, 11) is 1.41. The van der Waals surface area contributed by atoms with Crippen LogP contribution in [0.15, 0.2) is 47.1 Å². The van der Waals surface area contributed by atoms with Crippen LogP contribution in [0.5, 0.6) is 5.75 Å². The highest BCUT2D eigenvalue weighted by molar-refractivity contribution is 5.91. The standard InChI is InChI=1S/C27H24F4N4O5/c1-25(38,13-36)16-9-18-19(10-21(16)39-2)33-20(12-32-18)15-4-3-14(17(28)7-15)8-24(37)34-23-11-22(40-35-23)26(5-6-26)27(29,30)31/h3-4,7,9-12,36,38H,5-6,8,13H2,1-2H3,(H,34,35,37). The van der Waals surface area contributed by atoms with Crippen LogP contribution in [-0.2, 0) is 22.2 Å². The predicted octanol–water partition coefficient (Wildman–Crippen LogP) is 4.41. The number of aromatic nitrogens is 3. The van der Waals surface area contributed by atoms with Crippen molar-refractivity contribution in [3.8, 4) is 17.0 Å². The predicted molar refractivity (Wildman–Crippen MR) is 134 cm³/mol. The van der Waals surface area contributed by atoms with Gasteiger partial charge in [0.2, 0.25) is 5.91 Å². The average Bonchev–Trinajstić information content (AvgIpc) is 3.62. The monoisotopic (exact) mass is 560 g/mol. The second-order valence-electron chi connectivity index (χ2n) is 9.92. The highest BCUT2D eigenvalue weighted by atomic mass is 19.4. The maximum absolute atomic E-state index is 14.9. The van der Waals surface area contributed by atoms with Crippen LogP contribution in [0.25, 0.3) is 22.3 Å². The zero-order valence-electron chi connectivity index (χ0n) is 21.3. The Bertz CT molecular complexity index is 1600. The number of carbonyl (C=O) groups excluding carboxylic acids is 1. The summed E-state index contributed by atoms with van der Waals surface area (Å²) in [5, 5.41) is 25.8. The number of carbonyl (C=O) groups is 1. The Morgan fingerprint density at radius 3 is 2.55 bits per heavy atom. The molecule has 0 saturated heterocycles. The summed E-state index contributed by atoms with van der Waals surface area (Å²) in [6.07, 6.45) is -3.68. The Kier molecular flexibility index (Phi) is 6.74.